The second kappa shape index (κ2) is 9.12. The van der Waals surface area contributed by atoms with E-state index in [-0.39, 0.29) is 0 Å². The topological polar surface area (TPSA) is 61.8 Å². The summed E-state index contributed by atoms with van der Waals surface area (Å²) in [5, 5.41) is 9.65. The van der Waals surface area contributed by atoms with Crippen LogP contribution in [-0.2, 0) is 13.1 Å². The molecule has 0 fully saturated rings. The van der Waals surface area contributed by atoms with Crippen molar-refractivity contribution in [2.24, 2.45) is 4.99 Å². The second-order valence-corrected chi connectivity index (χ2v) is 6.25. The van der Waals surface area contributed by atoms with Gasteiger partial charge in [0, 0.05) is 26.0 Å². The van der Waals surface area contributed by atoms with Crippen LogP contribution in [0.5, 0.6) is 5.75 Å². The summed E-state index contributed by atoms with van der Waals surface area (Å²) in [6, 6.07) is 7.94. The zero-order valence-corrected chi connectivity index (χ0v) is 15.5. The first-order valence-corrected chi connectivity index (χ1v) is 8.77. The number of anilines is 1. The van der Waals surface area contributed by atoms with Gasteiger partial charge in [0.1, 0.15) is 5.75 Å². The molecule has 130 valence electrons. The van der Waals surface area contributed by atoms with Crippen LogP contribution >= 0.6 is 11.3 Å². The van der Waals surface area contributed by atoms with E-state index in [1.54, 1.807) is 18.4 Å². The van der Waals surface area contributed by atoms with E-state index in [9.17, 15) is 0 Å². The highest BCUT2D eigenvalue weighted by atomic mass is 32.1. The first-order valence-electron chi connectivity index (χ1n) is 7.89. The number of methoxy groups -OCH3 is 1. The fourth-order valence-electron chi connectivity index (χ4n) is 2.00. The Morgan fingerprint density at radius 2 is 2.00 bits per heavy atom. The van der Waals surface area contributed by atoms with E-state index < -0.39 is 0 Å². The lowest BCUT2D eigenvalue weighted by molar-refractivity contribution is 0.414. The Morgan fingerprint density at radius 3 is 2.58 bits per heavy atom. The van der Waals surface area contributed by atoms with Crippen molar-refractivity contribution in [3.63, 3.8) is 0 Å². The van der Waals surface area contributed by atoms with Crippen LogP contribution in [0.4, 0.5) is 5.13 Å². The molecule has 2 N–H and O–H groups in total. The average Bonchev–Trinajstić information content (AvgIpc) is 3.07. The summed E-state index contributed by atoms with van der Waals surface area (Å²) in [7, 11) is 5.66. The smallest absolute Gasteiger partial charge is 0.191 e. The monoisotopic (exact) mass is 347 g/mol. The summed E-state index contributed by atoms with van der Waals surface area (Å²) in [6.07, 6.45) is 0. The highest BCUT2D eigenvalue weighted by Gasteiger charge is 2.05. The third kappa shape index (κ3) is 5.42. The number of hydrogen-bond acceptors (Lipinski definition) is 5. The molecule has 24 heavy (non-hydrogen) atoms. The van der Waals surface area contributed by atoms with Gasteiger partial charge in [-0.1, -0.05) is 12.1 Å². The fourth-order valence-corrected chi connectivity index (χ4v) is 2.76. The Labute approximate surface area is 147 Å². The zero-order valence-electron chi connectivity index (χ0n) is 14.7. The number of thiazole rings is 1. The van der Waals surface area contributed by atoms with Crippen molar-refractivity contribution in [3.8, 4) is 5.75 Å². The molecule has 1 aromatic carbocycles. The first kappa shape index (κ1) is 18.1. The molecule has 0 aliphatic rings. The molecule has 1 aromatic heterocycles. The van der Waals surface area contributed by atoms with Crippen LogP contribution in [0.25, 0.3) is 0 Å². The van der Waals surface area contributed by atoms with Gasteiger partial charge in [0.15, 0.2) is 11.1 Å². The molecule has 0 aliphatic carbocycles. The number of benzene rings is 1. The largest absolute Gasteiger partial charge is 0.497 e. The first-order chi connectivity index (χ1) is 11.6. The minimum Gasteiger partial charge on any atom is -0.497 e. The zero-order chi connectivity index (χ0) is 17.4. The molecule has 2 aromatic rings. The summed E-state index contributed by atoms with van der Waals surface area (Å²) in [5.41, 5.74) is 2.15. The molecular formula is C17H25N5OS. The molecule has 1 heterocycles. The van der Waals surface area contributed by atoms with Gasteiger partial charge < -0.3 is 20.3 Å². The fraction of sp³-hybridized carbons (Fsp3) is 0.412. The Balaban J connectivity index is 1.93. The Bertz CT molecular complexity index is 651. The number of aliphatic imine (C=N–C) groups is 1. The maximum atomic E-state index is 5.17. The number of nitrogens with one attached hydrogen (secondary N) is 2. The maximum absolute atomic E-state index is 5.17. The molecule has 0 radical (unpaired) electrons. The van der Waals surface area contributed by atoms with Crippen molar-refractivity contribution in [1.29, 1.82) is 0 Å². The summed E-state index contributed by atoms with van der Waals surface area (Å²) < 4.78 is 5.17. The van der Waals surface area contributed by atoms with Gasteiger partial charge in [-0.2, -0.15) is 0 Å². The van der Waals surface area contributed by atoms with E-state index in [0.717, 1.165) is 34.6 Å². The predicted octanol–water partition coefficient (Wildman–Crippen LogP) is 2.47. The van der Waals surface area contributed by atoms with Gasteiger partial charge in [-0.05, 0) is 24.6 Å². The van der Waals surface area contributed by atoms with Crippen LogP contribution in [0.3, 0.4) is 0 Å². The number of hydrogen-bond donors (Lipinski definition) is 2. The lowest BCUT2D eigenvalue weighted by Gasteiger charge is -2.10. The molecular weight excluding hydrogens is 322 g/mol. The number of guanidine groups is 1. The van der Waals surface area contributed by atoms with E-state index in [1.165, 1.54) is 0 Å². The molecule has 0 bridgehead atoms. The number of nitrogens with zero attached hydrogens (tertiary/aromatic N) is 3. The normalized spacial score (nSPS) is 11.2. The van der Waals surface area contributed by atoms with Crippen LogP contribution in [0, 0.1) is 0 Å². The third-order valence-corrected chi connectivity index (χ3v) is 4.34. The van der Waals surface area contributed by atoms with Crippen molar-refractivity contribution >= 4 is 22.4 Å². The van der Waals surface area contributed by atoms with Crippen LogP contribution < -0.4 is 20.3 Å². The van der Waals surface area contributed by atoms with Gasteiger partial charge >= 0.3 is 0 Å². The maximum Gasteiger partial charge on any atom is 0.191 e. The molecule has 0 spiro atoms. The number of rotatable bonds is 7. The molecule has 6 nitrogen and oxygen atoms in total. The molecule has 0 saturated heterocycles. The van der Waals surface area contributed by atoms with Crippen LogP contribution in [0.2, 0.25) is 0 Å². The standard InChI is InChI=1S/C17H25N5OS/c1-5-18-16(19-10-13-6-8-15(23-4)9-7-13)20-11-14-12-24-17(21-14)22(2)3/h6-9,12H,5,10-11H2,1-4H3,(H2,18,19,20). The number of aromatic nitrogens is 1. The lowest BCUT2D eigenvalue weighted by Crippen LogP contribution is -2.36. The SMILES string of the molecule is CCNC(=NCc1ccc(OC)cc1)NCc1csc(N(C)C)n1. The Kier molecular flexibility index (Phi) is 6.87. The summed E-state index contributed by atoms with van der Waals surface area (Å²) in [6.45, 7) is 4.13. The quantitative estimate of drug-likeness (QED) is 0.595. The molecule has 0 unspecified atom stereocenters. The summed E-state index contributed by atoms with van der Waals surface area (Å²) in [5.74, 6) is 1.64. The van der Waals surface area contributed by atoms with Crippen LogP contribution in [0.1, 0.15) is 18.2 Å². The van der Waals surface area contributed by atoms with Gasteiger partial charge in [0.05, 0.1) is 25.9 Å². The Hall–Kier alpha value is -2.28. The highest BCUT2D eigenvalue weighted by Crippen LogP contribution is 2.17. The summed E-state index contributed by atoms with van der Waals surface area (Å²) in [4.78, 5) is 11.2. The van der Waals surface area contributed by atoms with Crippen LogP contribution in [-0.4, -0.2) is 38.7 Å². The van der Waals surface area contributed by atoms with Crippen molar-refractivity contribution in [2.75, 3.05) is 32.6 Å². The van der Waals surface area contributed by atoms with E-state index in [2.05, 4.69) is 32.9 Å². The van der Waals surface area contributed by atoms with E-state index in [4.69, 9.17) is 4.74 Å². The van der Waals surface area contributed by atoms with Crippen LogP contribution in [0.15, 0.2) is 34.6 Å². The number of ether oxygens (including phenoxy) is 1. The van der Waals surface area contributed by atoms with Gasteiger partial charge in [0.2, 0.25) is 0 Å². The molecule has 2 rings (SSSR count). The lowest BCUT2D eigenvalue weighted by atomic mass is 10.2. The van der Waals surface area contributed by atoms with Gasteiger partial charge in [-0.15, -0.1) is 11.3 Å². The Morgan fingerprint density at radius 1 is 1.25 bits per heavy atom. The van der Waals surface area contributed by atoms with Gasteiger partial charge in [0.25, 0.3) is 0 Å². The van der Waals surface area contributed by atoms with E-state index in [1.807, 2.05) is 43.3 Å². The minimum absolute atomic E-state index is 0.610. The molecule has 0 amide bonds. The molecule has 0 atom stereocenters. The van der Waals surface area contributed by atoms with E-state index >= 15 is 0 Å². The average molecular weight is 347 g/mol. The minimum atomic E-state index is 0.610. The molecule has 0 saturated carbocycles. The van der Waals surface area contributed by atoms with E-state index in [0.29, 0.717) is 13.1 Å². The third-order valence-electron chi connectivity index (χ3n) is 3.28. The molecule has 7 heteroatoms. The van der Waals surface area contributed by atoms with Gasteiger partial charge in [-0.25, -0.2) is 9.98 Å². The highest BCUT2D eigenvalue weighted by molar-refractivity contribution is 7.13. The summed E-state index contributed by atoms with van der Waals surface area (Å²) >= 11 is 1.64. The van der Waals surface area contributed by atoms with Crippen molar-refractivity contribution < 1.29 is 4.74 Å². The molecule has 0 aliphatic heterocycles. The van der Waals surface area contributed by atoms with Crippen molar-refractivity contribution in [1.82, 2.24) is 15.6 Å². The van der Waals surface area contributed by atoms with Gasteiger partial charge in [-0.3, -0.25) is 0 Å². The van der Waals surface area contributed by atoms with Crippen molar-refractivity contribution in [3.05, 3.63) is 40.9 Å². The van der Waals surface area contributed by atoms with Crippen molar-refractivity contribution in [2.45, 2.75) is 20.0 Å². The predicted molar refractivity (Wildman–Crippen MR) is 101 cm³/mol. The second-order valence-electron chi connectivity index (χ2n) is 5.41.